The molecule has 0 atom stereocenters. The van der Waals surface area contributed by atoms with E-state index in [0.717, 1.165) is 33.5 Å². The second-order valence-electron chi connectivity index (χ2n) is 7.68. The molecule has 172 valence electrons. The fraction of sp³-hybridized carbons (Fsp3) is 0.0769. The number of anilines is 2. The molecule has 4 aromatic carbocycles. The molecule has 1 saturated heterocycles. The minimum atomic E-state index is -2.59. The number of rotatable bonds is 6. The standard InChI is InChI=1S/C26H24N2O2P2S2/c1-29-25-19-11-9-17-23(25)27-31(33,21-13-5-3-6-14-21)28(24-18-10-12-20-26(24)30-2)32(27,34)22-15-7-4-8-16-22/h3-20H,1-2H3. The van der Waals surface area contributed by atoms with Gasteiger partial charge in [-0.3, -0.25) is 8.88 Å². The number of benzene rings is 4. The van der Waals surface area contributed by atoms with Gasteiger partial charge in [-0.1, -0.05) is 84.9 Å². The van der Waals surface area contributed by atoms with E-state index in [-0.39, 0.29) is 0 Å². The Hall–Kier alpha value is -2.62. The molecule has 0 spiro atoms. The van der Waals surface area contributed by atoms with E-state index in [1.807, 2.05) is 72.8 Å². The lowest BCUT2D eigenvalue weighted by atomic mass is 10.3. The third kappa shape index (κ3) is 3.40. The van der Waals surface area contributed by atoms with Gasteiger partial charge in [-0.2, -0.15) is 0 Å². The van der Waals surface area contributed by atoms with Crippen molar-refractivity contribution in [3.05, 3.63) is 109 Å². The molecule has 34 heavy (non-hydrogen) atoms. The lowest BCUT2D eigenvalue weighted by molar-refractivity contribution is 0.416. The average molecular weight is 523 g/mol. The first-order valence-corrected chi connectivity index (χ1v) is 16.2. The van der Waals surface area contributed by atoms with Crippen LogP contribution < -0.4 is 29.0 Å². The highest BCUT2D eigenvalue weighted by molar-refractivity contribution is 8.40. The molecule has 1 aliphatic rings. The molecule has 0 aliphatic carbocycles. The highest BCUT2D eigenvalue weighted by Gasteiger charge is 2.60. The summed E-state index contributed by atoms with van der Waals surface area (Å²) in [7, 11) is 3.38. The van der Waals surface area contributed by atoms with Crippen molar-refractivity contribution in [1.82, 2.24) is 0 Å². The van der Waals surface area contributed by atoms with Gasteiger partial charge in [0.15, 0.2) is 12.7 Å². The van der Waals surface area contributed by atoms with Crippen LogP contribution in [0.2, 0.25) is 0 Å². The van der Waals surface area contributed by atoms with Crippen molar-refractivity contribution < 1.29 is 9.47 Å². The van der Waals surface area contributed by atoms with E-state index in [1.165, 1.54) is 0 Å². The maximum absolute atomic E-state index is 6.68. The molecular formula is C26H24N2O2P2S2. The van der Waals surface area contributed by atoms with E-state index in [0.29, 0.717) is 0 Å². The maximum Gasteiger partial charge on any atom is 0.164 e. The van der Waals surface area contributed by atoms with Gasteiger partial charge in [-0.25, -0.2) is 0 Å². The van der Waals surface area contributed by atoms with E-state index in [1.54, 1.807) is 14.2 Å². The van der Waals surface area contributed by atoms with Gasteiger partial charge in [0.05, 0.1) is 25.6 Å². The fourth-order valence-electron chi connectivity index (χ4n) is 4.31. The summed E-state index contributed by atoms with van der Waals surface area (Å²) < 4.78 is 16.2. The van der Waals surface area contributed by atoms with Gasteiger partial charge < -0.3 is 9.47 Å². The smallest absolute Gasteiger partial charge is 0.164 e. The quantitative estimate of drug-likeness (QED) is 0.276. The van der Waals surface area contributed by atoms with Gasteiger partial charge >= 0.3 is 0 Å². The van der Waals surface area contributed by atoms with Crippen LogP contribution in [0.4, 0.5) is 11.4 Å². The van der Waals surface area contributed by atoms with Gasteiger partial charge in [0.1, 0.15) is 11.5 Å². The van der Waals surface area contributed by atoms with Gasteiger partial charge in [0.25, 0.3) is 0 Å². The Morgan fingerprint density at radius 3 is 1.18 bits per heavy atom. The highest BCUT2D eigenvalue weighted by Crippen LogP contribution is 2.87. The van der Waals surface area contributed by atoms with Gasteiger partial charge in [-0.05, 0) is 47.9 Å². The molecule has 0 N–H and O–H groups in total. The van der Waals surface area contributed by atoms with E-state index in [9.17, 15) is 0 Å². The molecule has 1 aliphatic heterocycles. The van der Waals surface area contributed by atoms with E-state index in [4.69, 9.17) is 33.1 Å². The van der Waals surface area contributed by atoms with Crippen LogP contribution in [-0.2, 0) is 23.6 Å². The van der Waals surface area contributed by atoms with Crippen LogP contribution in [0, 0.1) is 0 Å². The number of nitrogens with zero attached hydrogens (tertiary/aromatic N) is 2. The maximum atomic E-state index is 6.68. The summed E-state index contributed by atoms with van der Waals surface area (Å²) in [6.07, 6.45) is -5.18. The Labute approximate surface area is 211 Å². The Bertz CT molecular complexity index is 1290. The predicted molar refractivity (Wildman–Crippen MR) is 152 cm³/mol. The summed E-state index contributed by atoms with van der Waals surface area (Å²) in [5.74, 6) is 1.52. The Kier molecular flexibility index (Phi) is 6.26. The minimum Gasteiger partial charge on any atom is -0.495 e. The molecule has 0 bridgehead atoms. The van der Waals surface area contributed by atoms with Crippen LogP contribution >= 0.6 is 12.7 Å². The molecule has 0 amide bonds. The largest absolute Gasteiger partial charge is 0.495 e. The highest BCUT2D eigenvalue weighted by atomic mass is 32.5. The van der Waals surface area contributed by atoms with E-state index >= 15 is 0 Å². The first-order chi connectivity index (χ1) is 16.6. The average Bonchev–Trinajstić information content (AvgIpc) is 2.90. The first-order valence-electron chi connectivity index (χ1n) is 10.8. The van der Waals surface area contributed by atoms with Crippen molar-refractivity contribution in [3.63, 3.8) is 0 Å². The van der Waals surface area contributed by atoms with E-state index in [2.05, 4.69) is 45.3 Å². The van der Waals surface area contributed by atoms with Crippen molar-refractivity contribution in [1.29, 1.82) is 0 Å². The molecule has 0 saturated carbocycles. The van der Waals surface area contributed by atoms with Crippen molar-refractivity contribution in [2.45, 2.75) is 0 Å². The Morgan fingerprint density at radius 2 is 0.824 bits per heavy atom. The molecule has 5 rings (SSSR count). The monoisotopic (exact) mass is 522 g/mol. The van der Waals surface area contributed by atoms with Crippen molar-refractivity contribution in [2.75, 3.05) is 23.1 Å². The number of hydrogen-bond donors (Lipinski definition) is 0. The molecule has 1 fully saturated rings. The van der Waals surface area contributed by atoms with Crippen LogP contribution in [0.3, 0.4) is 0 Å². The number of methoxy groups -OCH3 is 2. The summed E-state index contributed by atoms with van der Waals surface area (Å²) in [6.45, 7) is 0. The Morgan fingerprint density at radius 1 is 0.500 bits per heavy atom. The molecule has 4 aromatic rings. The van der Waals surface area contributed by atoms with Crippen LogP contribution in [0.1, 0.15) is 0 Å². The summed E-state index contributed by atoms with van der Waals surface area (Å²) >= 11 is 13.4. The summed E-state index contributed by atoms with van der Waals surface area (Å²) in [5.41, 5.74) is 1.85. The van der Waals surface area contributed by atoms with Crippen molar-refractivity contribution in [3.8, 4) is 11.5 Å². The van der Waals surface area contributed by atoms with Crippen LogP contribution in [-0.4, -0.2) is 14.2 Å². The second-order valence-corrected chi connectivity index (χ2v) is 16.2. The van der Waals surface area contributed by atoms with Crippen molar-refractivity contribution in [2.24, 2.45) is 0 Å². The molecule has 1 heterocycles. The first kappa shape index (κ1) is 23.1. The minimum absolute atomic E-state index is 0.762. The normalized spacial score (nSPS) is 21.6. The fourth-order valence-corrected chi connectivity index (χ4v) is 19.2. The summed E-state index contributed by atoms with van der Waals surface area (Å²) in [5, 5.41) is 2.14. The zero-order valence-corrected chi connectivity index (χ0v) is 22.2. The third-order valence-electron chi connectivity index (χ3n) is 5.81. The Balaban J connectivity index is 1.87. The van der Waals surface area contributed by atoms with Gasteiger partial charge in [0, 0.05) is 10.6 Å². The SMILES string of the molecule is COc1ccccc1N1P(=S)(c2ccccc2)N(c2ccccc2OC)P1(=S)c1ccccc1. The predicted octanol–water partition coefficient (Wildman–Crippen LogP) is 6.30. The van der Waals surface area contributed by atoms with E-state index < -0.39 is 12.7 Å². The molecular weight excluding hydrogens is 498 g/mol. The molecule has 0 aromatic heterocycles. The lowest BCUT2D eigenvalue weighted by Gasteiger charge is -2.63. The zero-order valence-electron chi connectivity index (χ0n) is 18.8. The van der Waals surface area contributed by atoms with Crippen molar-refractivity contribution >= 4 is 58.3 Å². The molecule has 8 heteroatoms. The van der Waals surface area contributed by atoms with Gasteiger partial charge in [-0.15, -0.1) is 0 Å². The molecule has 0 radical (unpaired) electrons. The molecule has 0 unspecified atom stereocenters. The number of ether oxygens (including phenoxy) is 2. The second kappa shape index (κ2) is 9.20. The number of hydrogen-bond acceptors (Lipinski definition) is 4. The van der Waals surface area contributed by atoms with Crippen LogP contribution in [0.25, 0.3) is 0 Å². The van der Waals surface area contributed by atoms with Gasteiger partial charge in [0.2, 0.25) is 0 Å². The summed E-state index contributed by atoms with van der Waals surface area (Å²) in [4.78, 5) is 0. The third-order valence-corrected chi connectivity index (χ3v) is 18.5. The topological polar surface area (TPSA) is 24.9 Å². The summed E-state index contributed by atoms with van der Waals surface area (Å²) in [6, 6.07) is 36.6. The van der Waals surface area contributed by atoms with Crippen LogP contribution in [0.15, 0.2) is 109 Å². The lowest BCUT2D eigenvalue weighted by Crippen LogP contribution is -2.50. The molecule has 4 nitrogen and oxygen atoms in total. The number of para-hydroxylation sites is 4. The van der Waals surface area contributed by atoms with Crippen LogP contribution in [0.5, 0.6) is 11.5 Å². The zero-order chi connectivity index (χ0) is 23.8.